The second-order valence-corrected chi connectivity index (χ2v) is 9.89. The van der Waals surface area contributed by atoms with Crippen molar-refractivity contribution in [2.45, 2.75) is 0 Å². The number of fused-ring (bicyclic) bond motifs is 4. The molecule has 1 aliphatic heterocycles. The third-order valence-electron chi connectivity index (χ3n) is 6.51. The maximum atomic E-state index is 13.4. The first-order valence-electron chi connectivity index (χ1n) is 13.8. The molecule has 10 heteroatoms. The highest BCUT2D eigenvalue weighted by Crippen LogP contribution is 2.33. The van der Waals surface area contributed by atoms with Crippen molar-refractivity contribution in [2.24, 2.45) is 0 Å². The van der Waals surface area contributed by atoms with Crippen LogP contribution in [0.15, 0.2) is 60.7 Å². The molecule has 4 rings (SSSR count). The molecule has 42 heavy (non-hydrogen) atoms. The van der Waals surface area contributed by atoms with Crippen molar-refractivity contribution in [3.63, 3.8) is 0 Å². The van der Waals surface area contributed by atoms with Gasteiger partial charge in [0, 0.05) is 39.6 Å². The summed E-state index contributed by atoms with van der Waals surface area (Å²) in [6.07, 6.45) is 0. The molecule has 0 atom stereocenters. The number of carbonyl (C=O) groups excluding carboxylic acids is 2. The molecular weight excluding hydrogens is 540 g/mol. The molecule has 0 aromatic heterocycles. The van der Waals surface area contributed by atoms with Crippen molar-refractivity contribution in [3.8, 4) is 22.6 Å². The zero-order valence-electron chi connectivity index (χ0n) is 24.6. The number of hydrogen-bond acceptors (Lipinski definition) is 10. The molecule has 0 fully saturated rings. The topological polar surface area (TPSA) is 96.0 Å². The average molecular weight is 579 g/mol. The predicted molar refractivity (Wildman–Crippen MR) is 160 cm³/mol. The van der Waals surface area contributed by atoms with Gasteiger partial charge >= 0.3 is 11.9 Å². The summed E-state index contributed by atoms with van der Waals surface area (Å²) in [5.41, 5.74) is 3.42. The first-order chi connectivity index (χ1) is 20.3. The molecule has 0 N–H and O–H groups in total. The van der Waals surface area contributed by atoms with Crippen LogP contribution in [-0.2, 0) is 18.9 Å². The Hall–Kier alpha value is -4.28. The van der Waals surface area contributed by atoms with Crippen molar-refractivity contribution < 1.29 is 38.0 Å². The van der Waals surface area contributed by atoms with Crippen LogP contribution < -0.4 is 19.3 Å². The van der Waals surface area contributed by atoms with Crippen LogP contribution >= 0.6 is 0 Å². The fourth-order valence-corrected chi connectivity index (χ4v) is 4.28. The fraction of sp³-hybridized carbons (Fsp3) is 0.375. The molecule has 0 unspecified atom stereocenters. The lowest BCUT2D eigenvalue weighted by atomic mass is 9.94. The molecular formula is C32H38N2O8. The maximum Gasteiger partial charge on any atom is 0.338 e. The number of ether oxygens (including phenoxy) is 6. The second-order valence-electron chi connectivity index (χ2n) is 9.89. The normalized spacial score (nSPS) is 15.5. The van der Waals surface area contributed by atoms with Gasteiger partial charge in [0.2, 0.25) is 0 Å². The summed E-state index contributed by atoms with van der Waals surface area (Å²) in [4.78, 5) is 30.5. The van der Waals surface area contributed by atoms with E-state index in [1.165, 1.54) is 0 Å². The third-order valence-corrected chi connectivity index (χ3v) is 6.51. The Morgan fingerprint density at radius 2 is 0.857 bits per heavy atom. The van der Waals surface area contributed by atoms with Crippen LogP contribution in [0, 0.1) is 0 Å². The highest BCUT2D eigenvalue weighted by Gasteiger charge is 2.22. The lowest BCUT2D eigenvalue weighted by Gasteiger charge is -2.20. The molecule has 224 valence electrons. The molecule has 3 aromatic rings. The summed E-state index contributed by atoms with van der Waals surface area (Å²) in [6, 6.07) is 18.3. The van der Waals surface area contributed by atoms with E-state index >= 15 is 0 Å². The van der Waals surface area contributed by atoms with E-state index in [4.69, 9.17) is 28.4 Å². The van der Waals surface area contributed by atoms with E-state index in [1.54, 1.807) is 12.1 Å². The highest BCUT2D eigenvalue weighted by atomic mass is 16.6. The summed E-state index contributed by atoms with van der Waals surface area (Å²) in [5, 5.41) is 0. The number of carbonyl (C=O) groups is 2. The molecule has 1 aliphatic rings. The molecule has 3 aromatic carbocycles. The van der Waals surface area contributed by atoms with Crippen molar-refractivity contribution in [1.82, 2.24) is 0 Å². The summed E-state index contributed by atoms with van der Waals surface area (Å²) < 4.78 is 34.1. The van der Waals surface area contributed by atoms with Gasteiger partial charge in [-0.25, -0.2) is 9.59 Å². The minimum absolute atomic E-state index is 0.0542. The predicted octanol–water partition coefficient (Wildman–Crippen LogP) is 4.30. The van der Waals surface area contributed by atoms with Gasteiger partial charge in [-0.1, -0.05) is 24.3 Å². The second kappa shape index (κ2) is 15.1. The van der Waals surface area contributed by atoms with Crippen LogP contribution in [-0.4, -0.2) is 93.0 Å². The van der Waals surface area contributed by atoms with E-state index in [0.29, 0.717) is 60.2 Å². The van der Waals surface area contributed by atoms with E-state index in [-0.39, 0.29) is 26.4 Å². The Balaban J connectivity index is 1.61. The van der Waals surface area contributed by atoms with E-state index in [1.807, 2.05) is 86.5 Å². The van der Waals surface area contributed by atoms with Crippen molar-refractivity contribution in [3.05, 3.63) is 71.8 Å². The van der Waals surface area contributed by atoms with Crippen LogP contribution in [0.1, 0.15) is 20.7 Å². The summed E-state index contributed by atoms with van der Waals surface area (Å²) >= 11 is 0. The maximum absolute atomic E-state index is 13.4. The Kier molecular flexibility index (Phi) is 11.0. The molecule has 0 radical (unpaired) electrons. The monoisotopic (exact) mass is 578 g/mol. The molecule has 10 nitrogen and oxygen atoms in total. The SMILES string of the molecule is CN(C)c1ccc2c(c1)C(=O)OCCOCCOc1ccccc1OCCOCCOC(=O)c1cc(N(C)C)ccc1-2. The first kappa shape index (κ1) is 30.7. The molecule has 0 aliphatic carbocycles. The molecule has 0 spiro atoms. The average Bonchev–Trinajstić information content (AvgIpc) is 2.99. The Bertz CT molecular complexity index is 1260. The number of nitrogens with zero attached hydrogens (tertiary/aromatic N) is 2. The molecule has 0 bridgehead atoms. The Morgan fingerprint density at radius 1 is 0.476 bits per heavy atom. The van der Waals surface area contributed by atoms with Gasteiger partial charge in [0.15, 0.2) is 11.5 Å². The quantitative estimate of drug-likeness (QED) is 0.410. The van der Waals surface area contributed by atoms with E-state index in [0.717, 1.165) is 11.4 Å². The van der Waals surface area contributed by atoms with Crippen LogP contribution in [0.4, 0.5) is 11.4 Å². The number of benzene rings is 3. The summed E-state index contributed by atoms with van der Waals surface area (Å²) in [6.45, 7) is 1.72. The van der Waals surface area contributed by atoms with Gasteiger partial charge in [-0.15, -0.1) is 0 Å². The first-order valence-corrected chi connectivity index (χ1v) is 13.8. The van der Waals surface area contributed by atoms with Gasteiger partial charge < -0.3 is 38.2 Å². The largest absolute Gasteiger partial charge is 0.487 e. The van der Waals surface area contributed by atoms with Gasteiger partial charge in [-0.3, -0.25) is 0 Å². The van der Waals surface area contributed by atoms with Gasteiger partial charge in [-0.05, 0) is 47.5 Å². The van der Waals surface area contributed by atoms with Crippen molar-refractivity contribution >= 4 is 23.3 Å². The summed E-state index contributed by atoms with van der Waals surface area (Å²) in [7, 11) is 7.56. The molecule has 0 amide bonds. The lowest BCUT2D eigenvalue weighted by molar-refractivity contribution is 0.0252. The summed E-state index contributed by atoms with van der Waals surface area (Å²) in [5.74, 6) is 0.137. The minimum Gasteiger partial charge on any atom is -0.487 e. The lowest BCUT2D eigenvalue weighted by Crippen LogP contribution is -2.18. The van der Waals surface area contributed by atoms with Crippen LogP contribution in [0.5, 0.6) is 11.5 Å². The number of hydrogen-bond donors (Lipinski definition) is 0. The molecule has 0 saturated carbocycles. The van der Waals surface area contributed by atoms with Gasteiger partial charge in [0.25, 0.3) is 0 Å². The third kappa shape index (κ3) is 8.14. The van der Waals surface area contributed by atoms with Gasteiger partial charge in [0.05, 0.1) is 37.6 Å². The smallest absolute Gasteiger partial charge is 0.338 e. The van der Waals surface area contributed by atoms with Gasteiger partial charge in [0.1, 0.15) is 26.4 Å². The van der Waals surface area contributed by atoms with E-state index < -0.39 is 11.9 Å². The number of cyclic esters (lactones) is 2. The Morgan fingerprint density at radius 3 is 1.24 bits per heavy atom. The minimum atomic E-state index is -0.522. The fourth-order valence-electron chi connectivity index (χ4n) is 4.28. The Labute approximate surface area is 246 Å². The van der Waals surface area contributed by atoms with Crippen LogP contribution in [0.2, 0.25) is 0 Å². The number of rotatable bonds is 2. The zero-order valence-corrected chi connectivity index (χ0v) is 24.6. The van der Waals surface area contributed by atoms with Gasteiger partial charge in [-0.2, -0.15) is 0 Å². The van der Waals surface area contributed by atoms with Crippen molar-refractivity contribution in [1.29, 1.82) is 0 Å². The van der Waals surface area contributed by atoms with Crippen molar-refractivity contribution in [2.75, 3.05) is 90.8 Å². The van der Waals surface area contributed by atoms with Crippen LogP contribution in [0.3, 0.4) is 0 Å². The molecule has 0 saturated heterocycles. The zero-order chi connectivity index (χ0) is 29.9. The van der Waals surface area contributed by atoms with E-state index in [2.05, 4.69) is 0 Å². The highest BCUT2D eigenvalue weighted by molar-refractivity contribution is 6.04. The number of esters is 2. The standard InChI is InChI=1S/C32H38N2O8/c1-33(2)23-9-11-25-26-12-10-24(34(3)4)22-28(26)32(36)42-20-16-38-14-18-40-30-8-6-5-7-29(30)39-17-13-37-15-19-41-31(35)27(25)21-23/h5-12,21-22H,13-20H2,1-4H3. The molecule has 1 heterocycles. The van der Waals surface area contributed by atoms with Crippen LogP contribution in [0.25, 0.3) is 11.1 Å². The van der Waals surface area contributed by atoms with E-state index in [9.17, 15) is 9.59 Å². The number of para-hydroxylation sites is 2. The number of anilines is 2.